The van der Waals surface area contributed by atoms with Crippen molar-refractivity contribution in [2.24, 2.45) is 5.92 Å². The normalized spacial score (nSPS) is 26.8. The molecular formula is C15H18N2O2. The monoisotopic (exact) mass is 258 g/mol. The number of rotatable bonds is 2. The number of nitrogens with zero attached hydrogens (tertiary/aromatic N) is 1. The van der Waals surface area contributed by atoms with E-state index in [1.54, 1.807) is 0 Å². The van der Waals surface area contributed by atoms with Crippen molar-refractivity contribution in [3.05, 3.63) is 35.9 Å². The van der Waals surface area contributed by atoms with E-state index in [0.29, 0.717) is 6.54 Å². The molecule has 19 heavy (non-hydrogen) atoms. The van der Waals surface area contributed by atoms with Crippen LogP contribution < -0.4 is 5.32 Å². The maximum absolute atomic E-state index is 12.4. The summed E-state index contributed by atoms with van der Waals surface area (Å²) < 4.78 is 0. The van der Waals surface area contributed by atoms with Crippen molar-refractivity contribution in [1.82, 2.24) is 10.2 Å². The third kappa shape index (κ3) is 2.35. The van der Waals surface area contributed by atoms with Gasteiger partial charge in [-0.3, -0.25) is 9.69 Å². The van der Waals surface area contributed by atoms with Gasteiger partial charge in [-0.2, -0.15) is 0 Å². The maximum atomic E-state index is 12.4. The molecule has 0 spiro atoms. The Balaban J connectivity index is 1.77. The Kier molecular flexibility index (Phi) is 3.23. The van der Waals surface area contributed by atoms with Gasteiger partial charge in [0.15, 0.2) is 0 Å². The zero-order chi connectivity index (χ0) is 13.2. The van der Waals surface area contributed by atoms with E-state index < -0.39 is 0 Å². The van der Waals surface area contributed by atoms with E-state index in [0.717, 1.165) is 31.2 Å². The van der Waals surface area contributed by atoms with Crippen LogP contribution in [0.2, 0.25) is 0 Å². The van der Waals surface area contributed by atoms with Gasteiger partial charge in [-0.1, -0.05) is 43.2 Å². The molecule has 2 unspecified atom stereocenters. The molecule has 0 aromatic heterocycles. The summed E-state index contributed by atoms with van der Waals surface area (Å²) in [5.74, 6) is -0.0209. The Morgan fingerprint density at radius 1 is 1.11 bits per heavy atom. The van der Waals surface area contributed by atoms with Gasteiger partial charge in [0.1, 0.15) is 0 Å². The smallest absolute Gasteiger partial charge is 0.324 e. The van der Waals surface area contributed by atoms with Gasteiger partial charge in [-0.25, -0.2) is 4.79 Å². The molecule has 1 saturated heterocycles. The SMILES string of the molecule is O=C1NC2CCCCC2C(=O)N1Cc1ccccc1. The summed E-state index contributed by atoms with van der Waals surface area (Å²) in [6.07, 6.45) is 4.02. The fourth-order valence-corrected chi connectivity index (χ4v) is 3.05. The third-order valence-corrected chi connectivity index (χ3v) is 4.09. The first-order valence-corrected chi connectivity index (χ1v) is 6.91. The van der Waals surface area contributed by atoms with Crippen LogP contribution in [0.4, 0.5) is 4.79 Å². The Morgan fingerprint density at radius 2 is 1.84 bits per heavy atom. The molecule has 1 heterocycles. The van der Waals surface area contributed by atoms with Crippen LogP contribution in [0.1, 0.15) is 31.2 Å². The molecule has 4 nitrogen and oxygen atoms in total. The first-order valence-electron chi connectivity index (χ1n) is 6.91. The highest BCUT2D eigenvalue weighted by molar-refractivity contribution is 5.98. The average Bonchev–Trinajstić information content (AvgIpc) is 2.45. The number of fused-ring (bicyclic) bond motifs is 1. The largest absolute Gasteiger partial charge is 0.334 e. The lowest BCUT2D eigenvalue weighted by molar-refractivity contribution is -0.137. The molecule has 4 heteroatoms. The molecule has 0 bridgehead atoms. The van der Waals surface area contributed by atoms with Gasteiger partial charge in [-0.05, 0) is 18.4 Å². The van der Waals surface area contributed by atoms with Gasteiger partial charge in [-0.15, -0.1) is 0 Å². The average molecular weight is 258 g/mol. The summed E-state index contributed by atoms with van der Waals surface area (Å²) >= 11 is 0. The minimum atomic E-state index is -0.239. The second-order valence-corrected chi connectivity index (χ2v) is 5.36. The van der Waals surface area contributed by atoms with Crippen LogP contribution in [0.3, 0.4) is 0 Å². The minimum absolute atomic E-state index is 0.00250. The number of hydrogen-bond donors (Lipinski definition) is 1. The van der Waals surface area contributed by atoms with Crippen molar-refractivity contribution in [2.75, 3.05) is 0 Å². The molecule has 0 radical (unpaired) electrons. The predicted molar refractivity (Wildman–Crippen MR) is 71.3 cm³/mol. The fourth-order valence-electron chi connectivity index (χ4n) is 3.05. The van der Waals surface area contributed by atoms with E-state index in [1.165, 1.54) is 4.90 Å². The fraction of sp³-hybridized carbons (Fsp3) is 0.467. The summed E-state index contributed by atoms with van der Waals surface area (Å²) in [5, 5.41) is 2.99. The molecule has 1 aromatic carbocycles. The molecule has 2 atom stereocenters. The highest BCUT2D eigenvalue weighted by Crippen LogP contribution is 2.29. The number of amides is 3. The van der Waals surface area contributed by atoms with E-state index in [-0.39, 0.29) is 23.9 Å². The summed E-state index contributed by atoms with van der Waals surface area (Å²) in [7, 11) is 0. The molecule has 2 fully saturated rings. The van der Waals surface area contributed by atoms with E-state index >= 15 is 0 Å². The molecule has 3 rings (SSSR count). The highest BCUT2D eigenvalue weighted by Gasteiger charge is 2.41. The van der Waals surface area contributed by atoms with Gasteiger partial charge >= 0.3 is 6.03 Å². The number of benzene rings is 1. The van der Waals surface area contributed by atoms with Crippen molar-refractivity contribution in [1.29, 1.82) is 0 Å². The van der Waals surface area contributed by atoms with Crippen LogP contribution in [0.15, 0.2) is 30.3 Å². The van der Waals surface area contributed by atoms with Crippen molar-refractivity contribution >= 4 is 11.9 Å². The van der Waals surface area contributed by atoms with Gasteiger partial charge in [0, 0.05) is 6.04 Å². The van der Waals surface area contributed by atoms with Crippen LogP contribution in [0.25, 0.3) is 0 Å². The number of nitrogens with one attached hydrogen (secondary N) is 1. The molecule has 1 saturated carbocycles. The Morgan fingerprint density at radius 3 is 2.63 bits per heavy atom. The van der Waals surface area contributed by atoms with Gasteiger partial charge < -0.3 is 5.32 Å². The number of carbonyl (C=O) groups is 2. The molecular weight excluding hydrogens is 240 g/mol. The lowest BCUT2D eigenvalue weighted by Gasteiger charge is -2.39. The van der Waals surface area contributed by atoms with Crippen LogP contribution in [0, 0.1) is 5.92 Å². The molecule has 1 aliphatic carbocycles. The van der Waals surface area contributed by atoms with Gasteiger partial charge in [0.05, 0.1) is 12.5 Å². The zero-order valence-electron chi connectivity index (χ0n) is 10.8. The summed E-state index contributed by atoms with van der Waals surface area (Å²) in [5.41, 5.74) is 0.986. The van der Waals surface area contributed by atoms with E-state index in [2.05, 4.69) is 5.32 Å². The second kappa shape index (κ2) is 5.03. The Bertz CT molecular complexity index is 486. The van der Waals surface area contributed by atoms with Crippen LogP contribution in [-0.4, -0.2) is 22.9 Å². The van der Waals surface area contributed by atoms with Crippen LogP contribution >= 0.6 is 0 Å². The Labute approximate surface area is 112 Å². The topological polar surface area (TPSA) is 49.4 Å². The van der Waals surface area contributed by atoms with E-state index in [1.807, 2.05) is 30.3 Å². The standard InChI is InChI=1S/C15H18N2O2/c18-14-12-8-4-5-9-13(12)16-15(19)17(14)10-11-6-2-1-3-7-11/h1-3,6-7,12-13H,4-5,8-10H2,(H,16,19). The molecule has 1 N–H and O–H groups in total. The van der Waals surface area contributed by atoms with Crippen molar-refractivity contribution in [2.45, 2.75) is 38.3 Å². The Hall–Kier alpha value is -1.84. The zero-order valence-corrected chi connectivity index (χ0v) is 10.8. The quantitative estimate of drug-likeness (QED) is 0.885. The summed E-state index contributed by atoms with van der Waals surface area (Å²) in [4.78, 5) is 25.9. The lowest BCUT2D eigenvalue weighted by Crippen LogP contribution is -2.60. The first-order chi connectivity index (χ1) is 9.25. The lowest BCUT2D eigenvalue weighted by atomic mass is 9.82. The first kappa shape index (κ1) is 12.2. The molecule has 100 valence electrons. The maximum Gasteiger partial charge on any atom is 0.324 e. The van der Waals surface area contributed by atoms with Crippen molar-refractivity contribution in [3.8, 4) is 0 Å². The molecule has 1 aromatic rings. The number of carbonyl (C=O) groups excluding carboxylic acids is 2. The third-order valence-electron chi connectivity index (χ3n) is 4.09. The van der Waals surface area contributed by atoms with E-state index in [9.17, 15) is 9.59 Å². The van der Waals surface area contributed by atoms with Crippen LogP contribution in [-0.2, 0) is 11.3 Å². The molecule has 1 aliphatic heterocycles. The number of urea groups is 1. The van der Waals surface area contributed by atoms with Crippen molar-refractivity contribution in [3.63, 3.8) is 0 Å². The number of imide groups is 1. The highest BCUT2D eigenvalue weighted by atomic mass is 16.2. The van der Waals surface area contributed by atoms with E-state index in [4.69, 9.17) is 0 Å². The predicted octanol–water partition coefficient (Wildman–Crippen LogP) is 2.30. The molecule has 2 aliphatic rings. The summed E-state index contributed by atoms with van der Waals surface area (Å²) in [6, 6.07) is 9.47. The van der Waals surface area contributed by atoms with Crippen molar-refractivity contribution < 1.29 is 9.59 Å². The minimum Gasteiger partial charge on any atom is -0.334 e. The number of hydrogen-bond acceptors (Lipinski definition) is 2. The second-order valence-electron chi connectivity index (χ2n) is 5.36. The summed E-state index contributed by atoms with van der Waals surface area (Å²) in [6.45, 7) is 0.370. The molecule has 3 amide bonds. The van der Waals surface area contributed by atoms with Crippen LogP contribution in [0.5, 0.6) is 0 Å². The van der Waals surface area contributed by atoms with Gasteiger partial charge in [0.25, 0.3) is 0 Å². The van der Waals surface area contributed by atoms with Gasteiger partial charge in [0.2, 0.25) is 5.91 Å².